The molecule has 0 aromatic heterocycles. The Labute approximate surface area is 129 Å². The largest absolute Gasteiger partial charge is 0.480 e. The molecule has 1 fully saturated rings. The average Bonchev–Trinajstić information content (AvgIpc) is 2.87. The highest BCUT2D eigenvalue weighted by Crippen LogP contribution is 2.32. The predicted octanol–water partition coefficient (Wildman–Crippen LogP) is 2.61. The van der Waals surface area contributed by atoms with Crippen LogP contribution in [0.15, 0.2) is 18.2 Å². The number of nitrogens with zero attached hydrogens (tertiary/aromatic N) is 1. The molecule has 1 N–H and O–H groups in total. The molecule has 1 aliphatic rings. The van der Waals surface area contributed by atoms with Crippen LogP contribution in [0.5, 0.6) is 0 Å². The highest BCUT2D eigenvalue weighted by atomic mass is 32.2. The summed E-state index contributed by atoms with van der Waals surface area (Å²) in [5, 5.41) is 9.28. The van der Waals surface area contributed by atoms with Gasteiger partial charge in [0.2, 0.25) is 5.91 Å². The number of carboxylic acid groups (broad SMARTS) is 1. The quantitative estimate of drug-likeness (QED) is 0.929. The van der Waals surface area contributed by atoms with Crippen LogP contribution in [0.25, 0.3) is 0 Å². The van der Waals surface area contributed by atoms with E-state index in [2.05, 4.69) is 0 Å². The maximum atomic E-state index is 12.6. The first-order chi connectivity index (χ1) is 9.93. The van der Waals surface area contributed by atoms with Crippen molar-refractivity contribution in [3.05, 3.63) is 34.9 Å². The fourth-order valence-corrected chi connectivity index (χ4v) is 4.02. The van der Waals surface area contributed by atoms with E-state index in [9.17, 15) is 14.7 Å². The van der Waals surface area contributed by atoms with Gasteiger partial charge in [0.05, 0.1) is 11.8 Å². The van der Waals surface area contributed by atoms with Crippen molar-refractivity contribution in [1.82, 2.24) is 4.90 Å². The third kappa shape index (κ3) is 3.40. The maximum Gasteiger partial charge on any atom is 0.327 e. The van der Waals surface area contributed by atoms with Gasteiger partial charge in [-0.2, -0.15) is 0 Å². The number of hydrogen-bond acceptors (Lipinski definition) is 3. The van der Waals surface area contributed by atoms with Gasteiger partial charge in [0.25, 0.3) is 0 Å². The van der Waals surface area contributed by atoms with Crippen LogP contribution in [0.3, 0.4) is 0 Å². The van der Waals surface area contributed by atoms with Gasteiger partial charge >= 0.3 is 5.97 Å². The van der Waals surface area contributed by atoms with E-state index < -0.39 is 12.0 Å². The molecule has 1 heterocycles. The van der Waals surface area contributed by atoms with Gasteiger partial charge in [-0.3, -0.25) is 4.79 Å². The number of carboxylic acids is 1. The molecule has 1 saturated heterocycles. The Morgan fingerprint density at radius 2 is 2.10 bits per heavy atom. The molecule has 2 unspecified atom stereocenters. The van der Waals surface area contributed by atoms with Crippen molar-refractivity contribution < 1.29 is 14.7 Å². The minimum Gasteiger partial charge on any atom is -0.480 e. The molecule has 0 spiro atoms. The van der Waals surface area contributed by atoms with Crippen LogP contribution >= 0.6 is 11.8 Å². The van der Waals surface area contributed by atoms with E-state index in [4.69, 9.17) is 0 Å². The highest BCUT2D eigenvalue weighted by Gasteiger charge is 2.40. The molecule has 0 radical (unpaired) electrons. The zero-order valence-electron chi connectivity index (χ0n) is 12.6. The van der Waals surface area contributed by atoms with Crippen molar-refractivity contribution in [2.24, 2.45) is 0 Å². The van der Waals surface area contributed by atoms with Gasteiger partial charge < -0.3 is 10.0 Å². The Morgan fingerprint density at radius 3 is 2.71 bits per heavy atom. The Bertz CT molecular complexity index is 558. The van der Waals surface area contributed by atoms with Crippen molar-refractivity contribution in [2.75, 3.05) is 5.75 Å². The van der Waals surface area contributed by atoms with Crippen LogP contribution in [0, 0.1) is 13.8 Å². The SMILES string of the molecule is CCC1SCC(C(=O)O)N1C(=O)Cc1cc(C)ccc1C. The molecule has 0 saturated carbocycles. The van der Waals surface area contributed by atoms with Crippen molar-refractivity contribution in [1.29, 1.82) is 0 Å². The number of carbonyl (C=O) groups excluding carboxylic acids is 1. The molecule has 21 heavy (non-hydrogen) atoms. The van der Waals surface area contributed by atoms with Crippen LogP contribution in [0.4, 0.5) is 0 Å². The van der Waals surface area contributed by atoms with Gasteiger partial charge in [-0.1, -0.05) is 30.7 Å². The van der Waals surface area contributed by atoms with E-state index in [1.807, 2.05) is 39.0 Å². The first kappa shape index (κ1) is 15.9. The zero-order valence-corrected chi connectivity index (χ0v) is 13.4. The second kappa shape index (κ2) is 6.52. The second-order valence-electron chi connectivity index (χ2n) is 5.46. The minimum atomic E-state index is -0.909. The van der Waals surface area contributed by atoms with E-state index in [1.165, 1.54) is 0 Å². The lowest BCUT2D eigenvalue weighted by molar-refractivity contribution is -0.148. The third-order valence-electron chi connectivity index (χ3n) is 3.86. The number of benzene rings is 1. The lowest BCUT2D eigenvalue weighted by atomic mass is 10.0. The molecule has 1 aliphatic heterocycles. The van der Waals surface area contributed by atoms with Gasteiger partial charge in [0.15, 0.2) is 0 Å². The lowest BCUT2D eigenvalue weighted by Crippen LogP contribution is -2.46. The fraction of sp³-hybridized carbons (Fsp3) is 0.500. The van der Waals surface area contributed by atoms with Crippen molar-refractivity contribution in [3.8, 4) is 0 Å². The molecule has 4 nitrogen and oxygen atoms in total. The number of rotatable bonds is 4. The fourth-order valence-electron chi connectivity index (χ4n) is 2.65. The first-order valence-electron chi connectivity index (χ1n) is 7.15. The van der Waals surface area contributed by atoms with Gasteiger partial charge in [-0.15, -0.1) is 11.8 Å². The van der Waals surface area contributed by atoms with Crippen LogP contribution in [-0.2, 0) is 16.0 Å². The summed E-state index contributed by atoms with van der Waals surface area (Å²) < 4.78 is 0. The molecular formula is C16H21NO3S. The topological polar surface area (TPSA) is 57.6 Å². The Hall–Kier alpha value is -1.49. The zero-order chi connectivity index (χ0) is 15.6. The molecule has 1 aromatic rings. The molecule has 2 atom stereocenters. The summed E-state index contributed by atoms with van der Waals surface area (Å²) in [5.74, 6) is -0.521. The molecule has 0 bridgehead atoms. The molecule has 114 valence electrons. The van der Waals surface area contributed by atoms with E-state index in [0.29, 0.717) is 5.75 Å². The van der Waals surface area contributed by atoms with Crippen molar-refractivity contribution in [2.45, 2.75) is 45.0 Å². The molecule has 0 aliphatic carbocycles. The summed E-state index contributed by atoms with van der Waals surface area (Å²) in [7, 11) is 0. The summed E-state index contributed by atoms with van der Waals surface area (Å²) in [6, 6.07) is 5.33. The molecule has 1 aromatic carbocycles. The molecular weight excluding hydrogens is 286 g/mol. The number of aliphatic carboxylic acids is 1. The molecule has 1 amide bonds. The van der Waals surface area contributed by atoms with E-state index in [-0.39, 0.29) is 17.7 Å². The average molecular weight is 307 g/mol. The van der Waals surface area contributed by atoms with E-state index in [1.54, 1.807) is 16.7 Å². The summed E-state index contributed by atoms with van der Waals surface area (Å²) in [4.78, 5) is 25.5. The third-order valence-corrected chi connectivity index (χ3v) is 5.31. The van der Waals surface area contributed by atoms with E-state index in [0.717, 1.165) is 23.1 Å². The Balaban J connectivity index is 2.21. The standard InChI is InChI=1S/C16H21NO3S/c1-4-15-17(13(9-21-15)16(19)20)14(18)8-12-7-10(2)5-6-11(12)3/h5-7,13,15H,4,8-9H2,1-3H3,(H,19,20). The van der Waals surface area contributed by atoms with E-state index >= 15 is 0 Å². The Kier molecular flexibility index (Phi) is 4.93. The number of amides is 1. The number of aryl methyl sites for hydroxylation is 2. The van der Waals surface area contributed by atoms with Crippen LogP contribution in [0.1, 0.15) is 30.0 Å². The summed E-state index contributed by atoms with van der Waals surface area (Å²) in [5.41, 5.74) is 3.16. The number of thioether (sulfide) groups is 1. The van der Waals surface area contributed by atoms with Crippen LogP contribution < -0.4 is 0 Å². The van der Waals surface area contributed by atoms with Crippen LogP contribution in [0.2, 0.25) is 0 Å². The summed E-state index contributed by atoms with van der Waals surface area (Å²) in [6.45, 7) is 5.96. The molecule has 5 heteroatoms. The summed E-state index contributed by atoms with van der Waals surface area (Å²) >= 11 is 1.56. The monoisotopic (exact) mass is 307 g/mol. The highest BCUT2D eigenvalue weighted by molar-refractivity contribution is 8.00. The van der Waals surface area contributed by atoms with Crippen LogP contribution in [-0.4, -0.2) is 39.1 Å². The first-order valence-corrected chi connectivity index (χ1v) is 8.20. The number of hydrogen-bond donors (Lipinski definition) is 1. The second-order valence-corrected chi connectivity index (χ2v) is 6.67. The smallest absolute Gasteiger partial charge is 0.327 e. The van der Waals surface area contributed by atoms with Crippen molar-refractivity contribution in [3.63, 3.8) is 0 Å². The van der Waals surface area contributed by atoms with Gasteiger partial charge in [-0.25, -0.2) is 4.79 Å². The molecule has 2 rings (SSSR count). The predicted molar refractivity (Wildman–Crippen MR) is 84.4 cm³/mol. The van der Waals surface area contributed by atoms with Gasteiger partial charge in [0, 0.05) is 5.75 Å². The lowest BCUT2D eigenvalue weighted by Gasteiger charge is -2.27. The minimum absolute atomic E-state index is 0.0243. The maximum absolute atomic E-state index is 12.6. The number of carbonyl (C=O) groups is 2. The Morgan fingerprint density at radius 1 is 1.38 bits per heavy atom. The van der Waals surface area contributed by atoms with Gasteiger partial charge in [-0.05, 0) is 31.4 Å². The summed E-state index contributed by atoms with van der Waals surface area (Å²) in [6.07, 6.45) is 1.04. The normalized spacial score (nSPS) is 21.6. The van der Waals surface area contributed by atoms with Crippen molar-refractivity contribution >= 4 is 23.6 Å². The van der Waals surface area contributed by atoms with Gasteiger partial charge in [0.1, 0.15) is 6.04 Å².